The van der Waals surface area contributed by atoms with E-state index in [1.54, 1.807) is 0 Å². The Hall–Kier alpha value is -1.61. The number of hydrogen-bond acceptors (Lipinski definition) is 11. The number of ether oxygens (including phenoxy) is 4. The van der Waals surface area contributed by atoms with Crippen LogP contribution in [0.4, 0.5) is 0 Å². The molecule has 12 nitrogen and oxygen atoms in total. The number of aliphatic hydroxyl groups excluding tert-OH is 3. The van der Waals surface area contributed by atoms with Gasteiger partial charge in [-0.05, 0) is 32.1 Å². The van der Waals surface area contributed by atoms with Gasteiger partial charge >= 0.3 is 11.9 Å². The molecule has 0 saturated carbocycles. The molecule has 1 aliphatic rings. The molecule has 2 unspecified atom stereocenters. The third-order valence-corrected chi connectivity index (χ3v) is 12.1. The molecule has 4 N–H and O–H groups in total. The van der Waals surface area contributed by atoms with Crippen molar-refractivity contribution >= 4 is 22.1 Å². The van der Waals surface area contributed by atoms with Crippen LogP contribution in [-0.4, -0.2) is 96.0 Å². The summed E-state index contributed by atoms with van der Waals surface area (Å²) in [6.45, 7) is 3.76. The second kappa shape index (κ2) is 37.9. The number of hydrogen-bond donors (Lipinski definition) is 4. The van der Waals surface area contributed by atoms with Crippen molar-refractivity contribution in [1.82, 2.24) is 0 Å². The van der Waals surface area contributed by atoms with Crippen LogP contribution in [0.2, 0.25) is 0 Å². The number of aliphatic hydroxyl groups is 3. The summed E-state index contributed by atoms with van der Waals surface area (Å²) in [4.78, 5) is 25.4. The van der Waals surface area contributed by atoms with Crippen LogP contribution in [0.15, 0.2) is 12.2 Å². The minimum atomic E-state index is -4.60. The molecule has 0 aromatic heterocycles. The van der Waals surface area contributed by atoms with Gasteiger partial charge in [0.05, 0.1) is 6.61 Å². The zero-order valence-electron chi connectivity index (χ0n) is 37.8. The molecule has 1 rings (SSSR count). The summed E-state index contributed by atoms with van der Waals surface area (Å²) >= 11 is 0. The Labute approximate surface area is 365 Å². The van der Waals surface area contributed by atoms with Crippen molar-refractivity contribution in [2.75, 3.05) is 19.0 Å². The smallest absolute Gasteiger partial charge is 0.306 e. The molecule has 1 aliphatic heterocycles. The van der Waals surface area contributed by atoms with Crippen LogP contribution in [0.1, 0.15) is 219 Å². The Balaban J connectivity index is 2.40. The molecule has 13 heteroatoms. The zero-order valence-corrected chi connectivity index (χ0v) is 38.6. The van der Waals surface area contributed by atoms with Crippen molar-refractivity contribution in [3.8, 4) is 0 Å². The minimum Gasteiger partial charge on any atom is -0.462 e. The molecule has 0 radical (unpaired) electrons. The molecule has 1 heterocycles. The molecular weight excluding hydrogens is 789 g/mol. The Morgan fingerprint density at radius 1 is 0.550 bits per heavy atom. The van der Waals surface area contributed by atoms with Gasteiger partial charge < -0.3 is 34.3 Å². The second-order valence-electron chi connectivity index (χ2n) is 17.1. The highest BCUT2D eigenvalue weighted by Crippen LogP contribution is 2.24. The highest BCUT2D eigenvalue weighted by atomic mass is 32.2. The van der Waals surface area contributed by atoms with E-state index >= 15 is 0 Å². The Morgan fingerprint density at radius 3 is 1.43 bits per heavy atom. The van der Waals surface area contributed by atoms with Gasteiger partial charge in [-0.3, -0.25) is 14.1 Å². The lowest BCUT2D eigenvalue weighted by atomic mass is 10.00. The fourth-order valence-electron chi connectivity index (χ4n) is 7.54. The van der Waals surface area contributed by atoms with Gasteiger partial charge in [0.15, 0.2) is 12.4 Å². The first-order valence-corrected chi connectivity index (χ1v) is 25.9. The van der Waals surface area contributed by atoms with Crippen LogP contribution in [0.25, 0.3) is 0 Å². The lowest BCUT2D eigenvalue weighted by molar-refractivity contribution is -0.297. The number of carbonyl (C=O) groups is 2. The molecule has 0 aromatic rings. The SMILES string of the molecule is CCCC/C=C/CCCCCCCCCCCC(=O)OC[C@H](CO[C@H]1O[C@H](CS(=O)(=O)O)[C@@H](O)C(O)C1O)OC(=O)CCCCCCCCCCCCCCCCCCC. The first kappa shape index (κ1) is 56.4. The van der Waals surface area contributed by atoms with Crippen molar-refractivity contribution in [3.05, 3.63) is 12.2 Å². The Kier molecular flexibility index (Phi) is 35.6. The maximum Gasteiger partial charge on any atom is 0.306 e. The number of esters is 2. The van der Waals surface area contributed by atoms with Crippen LogP contribution in [0, 0.1) is 0 Å². The number of carbonyl (C=O) groups excluding carboxylic acids is 2. The summed E-state index contributed by atoms with van der Waals surface area (Å²) in [6, 6.07) is 0. The van der Waals surface area contributed by atoms with Crippen LogP contribution >= 0.6 is 0 Å². The third kappa shape index (κ3) is 32.1. The molecule has 1 fully saturated rings. The monoisotopic (exact) mass is 877 g/mol. The molecule has 0 aromatic carbocycles. The third-order valence-electron chi connectivity index (χ3n) is 11.3. The normalized spacial score (nSPS) is 20.1. The molecule has 0 spiro atoms. The van der Waals surface area contributed by atoms with Gasteiger partial charge in [-0.15, -0.1) is 0 Å². The largest absolute Gasteiger partial charge is 0.462 e. The summed E-state index contributed by atoms with van der Waals surface area (Å²) < 4.78 is 54.1. The fraction of sp³-hybridized carbons (Fsp3) is 0.915. The van der Waals surface area contributed by atoms with Gasteiger partial charge in [0.25, 0.3) is 10.1 Å². The Morgan fingerprint density at radius 2 is 0.967 bits per heavy atom. The topological polar surface area (TPSA) is 186 Å². The summed E-state index contributed by atoms with van der Waals surface area (Å²) in [6.07, 6.45) is 31.1. The van der Waals surface area contributed by atoms with Gasteiger partial charge in [0.2, 0.25) is 0 Å². The standard InChI is InChI=1S/C47H88O12S/c1-3-5-7-9-11-13-15-17-19-20-22-24-26-28-30-32-34-36-43(49)58-40(38-57-47-46(52)45(51)44(50)41(59-47)39-60(53,54)55)37-56-42(48)35-33-31-29-27-25-23-21-18-16-14-12-10-8-6-4-2/h10,12,40-41,44-47,50-52H,3-9,11,13-39H2,1-2H3,(H,53,54,55)/b12-10+/t40-,41-,44-,45?,46?,47+/m1/s1. The highest BCUT2D eigenvalue weighted by Gasteiger charge is 2.46. The highest BCUT2D eigenvalue weighted by molar-refractivity contribution is 7.85. The van der Waals surface area contributed by atoms with E-state index < -0.39 is 71.2 Å². The number of rotatable bonds is 41. The molecular formula is C47H88O12S. The van der Waals surface area contributed by atoms with Crippen molar-refractivity contribution in [2.24, 2.45) is 0 Å². The van der Waals surface area contributed by atoms with E-state index in [4.69, 9.17) is 18.9 Å². The minimum absolute atomic E-state index is 0.170. The summed E-state index contributed by atoms with van der Waals surface area (Å²) in [5.41, 5.74) is 0. The maximum atomic E-state index is 12.8. The molecule has 0 amide bonds. The molecule has 0 bridgehead atoms. The Bertz CT molecular complexity index is 1170. The molecule has 354 valence electrons. The van der Waals surface area contributed by atoms with Gasteiger partial charge in [0, 0.05) is 12.8 Å². The van der Waals surface area contributed by atoms with E-state index in [0.717, 1.165) is 38.5 Å². The van der Waals surface area contributed by atoms with E-state index in [9.17, 15) is 37.9 Å². The fourth-order valence-corrected chi connectivity index (χ4v) is 8.23. The summed E-state index contributed by atoms with van der Waals surface area (Å²) in [5, 5.41) is 30.9. The first-order chi connectivity index (χ1) is 29.0. The molecule has 60 heavy (non-hydrogen) atoms. The van der Waals surface area contributed by atoms with Gasteiger partial charge in [-0.2, -0.15) is 8.42 Å². The molecule has 6 atom stereocenters. The van der Waals surface area contributed by atoms with Crippen molar-refractivity contribution < 1.29 is 56.8 Å². The van der Waals surface area contributed by atoms with E-state index in [-0.39, 0.29) is 19.4 Å². The first-order valence-electron chi connectivity index (χ1n) is 24.2. The lowest BCUT2D eigenvalue weighted by Crippen LogP contribution is -2.60. The van der Waals surface area contributed by atoms with Gasteiger partial charge in [0.1, 0.15) is 36.8 Å². The van der Waals surface area contributed by atoms with Gasteiger partial charge in [-0.25, -0.2) is 0 Å². The average molecular weight is 877 g/mol. The van der Waals surface area contributed by atoms with E-state index in [1.165, 1.54) is 141 Å². The quantitative estimate of drug-likeness (QED) is 0.0197. The van der Waals surface area contributed by atoms with Crippen LogP contribution in [0.3, 0.4) is 0 Å². The van der Waals surface area contributed by atoms with Crippen molar-refractivity contribution in [2.45, 2.75) is 256 Å². The zero-order chi connectivity index (χ0) is 44.1. The molecule has 0 aliphatic carbocycles. The summed E-state index contributed by atoms with van der Waals surface area (Å²) in [7, 11) is -4.60. The maximum absolute atomic E-state index is 12.8. The van der Waals surface area contributed by atoms with Gasteiger partial charge in [-0.1, -0.05) is 187 Å². The van der Waals surface area contributed by atoms with E-state index in [0.29, 0.717) is 12.8 Å². The lowest BCUT2D eigenvalue weighted by Gasteiger charge is -2.40. The summed E-state index contributed by atoms with van der Waals surface area (Å²) in [5.74, 6) is -1.97. The van der Waals surface area contributed by atoms with E-state index in [2.05, 4.69) is 26.0 Å². The predicted octanol–water partition coefficient (Wildman–Crippen LogP) is 10.2. The predicted molar refractivity (Wildman–Crippen MR) is 238 cm³/mol. The number of allylic oxidation sites excluding steroid dienone is 2. The second-order valence-corrected chi connectivity index (χ2v) is 18.6. The van der Waals surface area contributed by atoms with Crippen LogP contribution < -0.4 is 0 Å². The van der Waals surface area contributed by atoms with Crippen molar-refractivity contribution in [1.29, 1.82) is 0 Å². The average Bonchev–Trinajstić information content (AvgIpc) is 3.21. The number of unbranched alkanes of at least 4 members (excludes halogenated alkanes) is 27. The van der Waals surface area contributed by atoms with Crippen LogP contribution in [-0.2, 0) is 38.7 Å². The molecule has 1 saturated heterocycles. The van der Waals surface area contributed by atoms with E-state index in [1.807, 2.05) is 0 Å². The van der Waals surface area contributed by atoms with Crippen molar-refractivity contribution in [3.63, 3.8) is 0 Å². The van der Waals surface area contributed by atoms with Crippen LogP contribution in [0.5, 0.6) is 0 Å².